The maximum absolute atomic E-state index is 13.1. The molecular weight excluding hydrogens is 433 g/mol. The third kappa shape index (κ3) is 4.73. The molecule has 3 heterocycles. The van der Waals surface area contributed by atoms with Crippen molar-refractivity contribution in [1.82, 2.24) is 25.1 Å². The van der Waals surface area contributed by atoms with Crippen LogP contribution in [0, 0.1) is 5.92 Å². The maximum Gasteiger partial charge on any atom is 0.453 e. The number of nitrogens with zero attached hydrogens (tertiary/aromatic N) is 5. The summed E-state index contributed by atoms with van der Waals surface area (Å²) in [7, 11) is 0. The third-order valence-corrected chi connectivity index (χ3v) is 5.71. The standard InChI is InChI=1S/C20H20ClF3N6O/c21-15-4-2-1-3-13(15)7-10-25-18(31)14-8-11-29(12-9-14)17-6-5-16-26-27-19(20(22,23)24)30(16)28-17/h1-6,14H,7-12H2,(H,25,31). The van der Waals surface area contributed by atoms with Crippen molar-refractivity contribution in [2.45, 2.75) is 25.4 Å². The SMILES string of the molecule is O=C(NCCc1ccccc1Cl)C1CCN(c2ccc3nnc(C(F)(F)F)n3n2)CC1. The Morgan fingerprint density at radius 1 is 1.13 bits per heavy atom. The number of carbonyl (C=O) groups is 1. The van der Waals surface area contributed by atoms with Gasteiger partial charge in [-0.3, -0.25) is 4.79 Å². The van der Waals surface area contributed by atoms with E-state index in [1.54, 1.807) is 6.07 Å². The summed E-state index contributed by atoms with van der Waals surface area (Å²) in [6.07, 6.45) is -2.81. The highest BCUT2D eigenvalue weighted by molar-refractivity contribution is 6.31. The first-order valence-corrected chi connectivity index (χ1v) is 10.3. The molecule has 0 unspecified atom stereocenters. The van der Waals surface area contributed by atoms with E-state index < -0.39 is 12.0 Å². The minimum Gasteiger partial charge on any atom is -0.356 e. The Kier molecular flexibility index (Phi) is 5.99. The lowest BCUT2D eigenvalue weighted by Gasteiger charge is -2.32. The zero-order chi connectivity index (χ0) is 22.0. The molecule has 1 aliphatic rings. The second-order valence-corrected chi connectivity index (χ2v) is 7.78. The smallest absolute Gasteiger partial charge is 0.356 e. The van der Waals surface area contributed by atoms with Crippen molar-refractivity contribution in [3.05, 3.63) is 52.8 Å². The second-order valence-electron chi connectivity index (χ2n) is 7.38. The van der Waals surface area contributed by atoms with Crippen molar-refractivity contribution in [2.75, 3.05) is 24.5 Å². The van der Waals surface area contributed by atoms with Gasteiger partial charge in [0.2, 0.25) is 5.91 Å². The van der Waals surface area contributed by atoms with Gasteiger partial charge in [-0.05, 0) is 43.0 Å². The number of hydrogen-bond donors (Lipinski definition) is 1. The predicted octanol–water partition coefficient (Wildman–Crippen LogP) is 3.37. The molecule has 0 spiro atoms. The van der Waals surface area contributed by atoms with E-state index in [-0.39, 0.29) is 17.5 Å². The highest BCUT2D eigenvalue weighted by Gasteiger charge is 2.38. The summed E-state index contributed by atoms with van der Waals surface area (Å²) in [6.45, 7) is 1.53. The lowest BCUT2D eigenvalue weighted by Crippen LogP contribution is -2.41. The lowest BCUT2D eigenvalue weighted by molar-refractivity contribution is -0.146. The first-order chi connectivity index (χ1) is 14.8. The van der Waals surface area contributed by atoms with Crippen LogP contribution in [0.3, 0.4) is 0 Å². The molecule has 3 aromatic rings. The number of amides is 1. The molecule has 1 aliphatic heterocycles. The fraction of sp³-hybridized carbons (Fsp3) is 0.400. The molecule has 31 heavy (non-hydrogen) atoms. The van der Waals surface area contributed by atoms with Crippen molar-refractivity contribution in [2.24, 2.45) is 5.92 Å². The molecule has 0 saturated carbocycles. The molecule has 0 radical (unpaired) electrons. The number of carbonyl (C=O) groups excluding carboxylic acids is 1. The summed E-state index contributed by atoms with van der Waals surface area (Å²) in [5.74, 6) is -0.923. The van der Waals surface area contributed by atoms with Gasteiger partial charge in [-0.15, -0.1) is 15.3 Å². The Labute approximate surface area is 181 Å². The second kappa shape index (κ2) is 8.70. The number of nitrogens with one attached hydrogen (secondary N) is 1. The van der Waals surface area contributed by atoms with E-state index in [0.717, 1.165) is 5.56 Å². The molecule has 4 rings (SSSR count). The Morgan fingerprint density at radius 3 is 2.58 bits per heavy atom. The molecule has 1 aromatic carbocycles. The normalized spacial score (nSPS) is 15.4. The van der Waals surface area contributed by atoms with E-state index in [2.05, 4.69) is 20.6 Å². The topological polar surface area (TPSA) is 75.4 Å². The van der Waals surface area contributed by atoms with E-state index in [0.29, 0.717) is 54.3 Å². The summed E-state index contributed by atoms with van der Waals surface area (Å²) < 4.78 is 39.9. The van der Waals surface area contributed by atoms with Crippen LogP contribution in [0.1, 0.15) is 24.2 Å². The number of alkyl halides is 3. The maximum atomic E-state index is 13.1. The highest BCUT2D eigenvalue weighted by atomic mass is 35.5. The summed E-state index contributed by atoms with van der Waals surface area (Å²) >= 11 is 6.13. The zero-order valence-electron chi connectivity index (χ0n) is 16.4. The van der Waals surface area contributed by atoms with Crippen molar-refractivity contribution >= 4 is 29.0 Å². The molecule has 0 bridgehead atoms. The number of anilines is 1. The number of benzene rings is 1. The average Bonchev–Trinajstić information content (AvgIpc) is 3.19. The van der Waals surface area contributed by atoms with Gasteiger partial charge in [-0.2, -0.15) is 17.7 Å². The summed E-state index contributed by atoms with van der Waals surface area (Å²) in [5.41, 5.74) is 1.01. The van der Waals surface area contributed by atoms with E-state index in [1.807, 2.05) is 29.2 Å². The van der Waals surface area contributed by atoms with Crippen LogP contribution in [-0.2, 0) is 17.4 Å². The first kappa shape index (κ1) is 21.4. The molecule has 2 aromatic heterocycles. The van der Waals surface area contributed by atoms with Gasteiger partial charge in [0.15, 0.2) is 5.65 Å². The molecule has 0 atom stereocenters. The van der Waals surface area contributed by atoms with Gasteiger partial charge >= 0.3 is 6.18 Å². The molecule has 0 aliphatic carbocycles. The van der Waals surface area contributed by atoms with Crippen LogP contribution in [0.5, 0.6) is 0 Å². The minimum atomic E-state index is -4.64. The Hall–Kier alpha value is -2.88. The van der Waals surface area contributed by atoms with Crippen molar-refractivity contribution in [3.8, 4) is 0 Å². The fourth-order valence-corrected chi connectivity index (χ4v) is 3.89. The van der Waals surface area contributed by atoms with Crippen LogP contribution in [0.2, 0.25) is 5.02 Å². The number of aromatic nitrogens is 4. The number of rotatable bonds is 5. The molecule has 11 heteroatoms. The first-order valence-electron chi connectivity index (χ1n) is 9.88. The lowest BCUT2D eigenvalue weighted by atomic mass is 9.96. The van der Waals surface area contributed by atoms with E-state index >= 15 is 0 Å². The number of halogens is 4. The van der Waals surface area contributed by atoms with Crippen LogP contribution in [0.25, 0.3) is 5.65 Å². The van der Waals surface area contributed by atoms with Crippen LogP contribution in [0.4, 0.5) is 19.0 Å². The predicted molar refractivity (Wildman–Crippen MR) is 109 cm³/mol. The van der Waals surface area contributed by atoms with Crippen LogP contribution >= 0.6 is 11.6 Å². The van der Waals surface area contributed by atoms with Gasteiger partial charge < -0.3 is 10.2 Å². The number of fused-ring (bicyclic) bond motifs is 1. The minimum absolute atomic E-state index is 0.0201. The van der Waals surface area contributed by atoms with Gasteiger partial charge in [0.25, 0.3) is 5.82 Å². The monoisotopic (exact) mass is 452 g/mol. The number of hydrogen-bond acceptors (Lipinski definition) is 5. The average molecular weight is 453 g/mol. The van der Waals surface area contributed by atoms with Crippen molar-refractivity contribution in [3.63, 3.8) is 0 Å². The Bertz CT molecular complexity index is 1080. The molecule has 1 saturated heterocycles. The van der Waals surface area contributed by atoms with Crippen LogP contribution in [0.15, 0.2) is 36.4 Å². The summed E-state index contributed by atoms with van der Waals surface area (Å²) in [5, 5.41) is 14.4. The van der Waals surface area contributed by atoms with Crippen LogP contribution < -0.4 is 10.2 Å². The van der Waals surface area contributed by atoms with Crippen molar-refractivity contribution in [1.29, 1.82) is 0 Å². The molecule has 1 N–H and O–H groups in total. The fourth-order valence-electron chi connectivity index (χ4n) is 3.66. The van der Waals surface area contributed by atoms with E-state index in [1.165, 1.54) is 6.07 Å². The van der Waals surface area contributed by atoms with Gasteiger partial charge in [-0.1, -0.05) is 29.8 Å². The number of piperidine rings is 1. The van der Waals surface area contributed by atoms with E-state index in [4.69, 9.17) is 11.6 Å². The molecule has 7 nitrogen and oxygen atoms in total. The summed E-state index contributed by atoms with van der Waals surface area (Å²) in [6, 6.07) is 10.6. The zero-order valence-corrected chi connectivity index (χ0v) is 17.2. The van der Waals surface area contributed by atoms with Gasteiger partial charge in [0.1, 0.15) is 5.82 Å². The van der Waals surface area contributed by atoms with Gasteiger partial charge in [0.05, 0.1) is 0 Å². The summed E-state index contributed by atoms with van der Waals surface area (Å²) in [4.78, 5) is 14.4. The quantitative estimate of drug-likeness (QED) is 0.642. The Balaban J connectivity index is 1.33. The largest absolute Gasteiger partial charge is 0.453 e. The van der Waals surface area contributed by atoms with Gasteiger partial charge in [-0.25, -0.2) is 0 Å². The van der Waals surface area contributed by atoms with Gasteiger partial charge in [0, 0.05) is 30.6 Å². The highest BCUT2D eigenvalue weighted by Crippen LogP contribution is 2.28. The molecule has 1 amide bonds. The molecule has 164 valence electrons. The van der Waals surface area contributed by atoms with Crippen molar-refractivity contribution < 1.29 is 18.0 Å². The van der Waals surface area contributed by atoms with Crippen LogP contribution in [-0.4, -0.2) is 45.4 Å². The molecular formula is C20H20ClF3N6O. The third-order valence-electron chi connectivity index (χ3n) is 5.34. The van der Waals surface area contributed by atoms with E-state index in [9.17, 15) is 18.0 Å². The molecule has 1 fully saturated rings. The Morgan fingerprint density at radius 2 is 1.87 bits per heavy atom.